The first kappa shape index (κ1) is 23.2. The number of methoxy groups -OCH3 is 3. The van der Waals surface area contributed by atoms with Crippen LogP contribution in [0, 0.1) is 0 Å². The average molecular weight is 473 g/mol. The zero-order chi connectivity index (χ0) is 24.4. The molecule has 2 bridgehead atoms. The molecule has 2 aromatic rings. The first-order valence-electron chi connectivity index (χ1n) is 10.3. The SMILES string of the molecule is COc1cc(CC(O)COc2cccc3c2CC2OC(=O)C(=O)ON3C2=O)cc(OC)c1OC. The van der Waals surface area contributed by atoms with Crippen molar-refractivity contribution in [3.63, 3.8) is 0 Å². The molecular weight excluding hydrogens is 450 g/mol. The Morgan fingerprint density at radius 1 is 1.03 bits per heavy atom. The maximum absolute atomic E-state index is 12.5. The summed E-state index contributed by atoms with van der Waals surface area (Å²) in [4.78, 5) is 40.8. The van der Waals surface area contributed by atoms with Crippen LogP contribution in [0.4, 0.5) is 5.69 Å². The van der Waals surface area contributed by atoms with Gasteiger partial charge in [0.05, 0.1) is 33.1 Å². The van der Waals surface area contributed by atoms with Crippen LogP contribution < -0.4 is 24.0 Å². The highest BCUT2D eigenvalue weighted by molar-refractivity contribution is 6.31. The van der Waals surface area contributed by atoms with Gasteiger partial charge in [0, 0.05) is 18.4 Å². The summed E-state index contributed by atoms with van der Waals surface area (Å²) in [6, 6.07) is 8.29. The van der Waals surface area contributed by atoms with E-state index in [1.54, 1.807) is 30.3 Å². The molecule has 2 aliphatic rings. The van der Waals surface area contributed by atoms with Crippen LogP contribution in [0.15, 0.2) is 30.3 Å². The van der Waals surface area contributed by atoms with Gasteiger partial charge in [0.25, 0.3) is 0 Å². The predicted molar refractivity (Wildman–Crippen MR) is 115 cm³/mol. The Labute approximate surface area is 194 Å². The number of hydroxylamine groups is 1. The van der Waals surface area contributed by atoms with Crippen LogP contribution in [-0.2, 0) is 36.8 Å². The number of fused-ring (bicyclic) bond motifs is 4. The molecule has 2 unspecified atom stereocenters. The van der Waals surface area contributed by atoms with Crippen molar-refractivity contribution in [2.45, 2.75) is 25.0 Å². The number of esters is 1. The Morgan fingerprint density at radius 2 is 1.74 bits per heavy atom. The molecule has 2 aromatic carbocycles. The monoisotopic (exact) mass is 473 g/mol. The number of hydrogen-bond acceptors (Lipinski definition) is 10. The highest BCUT2D eigenvalue weighted by Gasteiger charge is 2.44. The van der Waals surface area contributed by atoms with Gasteiger partial charge in [-0.2, -0.15) is 0 Å². The summed E-state index contributed by atoms with van der Waals surface area (Å²) < 4.78 is 26.8. The standard InChI is InChI=1S/C23H23NO10/c1-29-17-8-12(9-18(30-2)20(17)31-3)7-13(25)11-32-16-6-4-5-15-14(16)10-19-21(26)24(15)34-23(28)22(27)33-19/h4-6,8-9,13,19,25H,7,10-11H2,1-3H3. The van der Waals surface area contributed by atoms with Crippen molar-refractivity contribution in [1.82, 2.24) is 0 Å². The van der Waals surface area contributed by atoms with Gasteiger partial charge >= 0.3 is 17.8 Å². The molecule has 1 fully saturated rings. The van der Waals surface area contributed by atoms with E-state index in [0.717, 1.165) is 10.6 Å². The molecule has 11 nitrogen and oxygen atoms in total. The molecule has 180 valence electrons. The number of aliphatic hydroxyl groups excluding tert-OH is 1. The molecule has 1 amide bonds. The number of aliphatic hydroxyl groups is 1. The Hall–Kier alpha value is -3.99. The van der Waals surface area contributed by atoms with Crippen molar-refractivity contribution in [2.75, 3.05) is 33.0 Å². The van der Waals surface area contributed by atoms with Crippen LogP contribution in [0.3, 0.4) is 0 Å². The number of ether oxygens (including phenoxy) is 5. The third-order valence-electron chi connectivity index (χ3n) is 5.41. The topological polar surface area (TPSA) is 130 Å². The summed E-state index contributed by atoms with van der Waals surface area (Å²) in [6.45, 7) is -0.0781. The molecule has 2 atom stereocenters. The number of nitrogens with zero attached hydrogens (tertiary/aromatic N) is 1. The van der Waals surface area contributed by atoms with Gasteiger partial charge in [-0.05, 0) is 29.8 Å². The maximum atomic E-state index is 12.5. The molecule has 34 heavy (non-hydrogen) atoms. The molecule has 0 aliphatic carbocycles. The van der Waals surface area contributed by atoms with E-state index in [-0.39, 0.29) is 25.1 Å². The van der Waals surface area contributed by atoms with Crippen LogP contribution >= 0.6 is 0 Å². The normalized spacial score (nSPS) is 17.7. The van der Waals surface area contributed by atoms with Gasteiger partial charge in [0.15, 0.2) is 17.6 Å². The molecule has 11 heteroatoms. The van der Waals surface area contributed by atoms with Crippen molar-refractivity contribution in [1.29, 1.82) is 0 Å². The van der Waals surface area contributed by atoms with Crippen LogP contribution in [0.25, 0.3) is 0 Å². The van der Waals surface area contributed by atoms with Gasteiger partial charge in [-0.25, -0.2) is 9.59 Å². The molecule has 0 aromatic heterocycles. The zero-order valence-electron chi connectivity index (χ0n) is 18.7. The third kappa shape index (κ3) is 4.29. The average Bonchev–Trinajstić information content (AvgIpc) is 2.89. The molecular formula is C23H23NO10. The van der Waals surface area contributed by atoms with Gasteiger partial charge in [-0.3, -0.25) is 4.79 Å². The predicted octanol–water partition coefficient (Wildman–Crippen LogP) is 0.967. The lowest BCUT2D eigenvalue weighted by molar-refractivity contribution is -0.166. The smallest absolute Gasteiger partial charge is 0.442 e. The lowest BCUT2D eigenvalue weighted by Crippen LogP contribution is -2.43. The van der Waals surface area contributed by atoms with Gasteiger partial charge < -0.3 is 33.6 Å². The molecule has 0 saturated carbocycles. The van der Waals surface area contributed by atoms with Crippen molar-refractivity contribution < 1.29 is 48.0 Å². The van der Waals surface area contributed by atoms with E-state index in [2.05, 4.69) is 0 Å². The van der Waals surface area contributed by atoms with E-state index in [0.29, 0.717) is 28.6 Å². The number of carbonyl (C=O) groups excluding carboxylic acids is 3. The molecule has 1 N–H and O–H groups in total. The summed E-state index contributed by atoms with van der Waals surface area (Å²) in [5.74, 6) is -1.44. The van der Waals surface area contributed by atoms with Crippen molar-refractivity contribution in [3.8, 4) is 23.0 Å². The lowest BCUT2D eigenvalue weighted by atomic mass is 9.99. The molecule has 0 spiro atoms. The van der Waals surface area contributed by atoms with Crippen molar-refractivity contribution in [2.24, 2.45) is 0 Å². The summed E-state index contributed by atoms with van der Waals surface area (Å²) in [5.41, 5.74) is 1.52. The van der Waals surface area contributed by atoms with Crippen LogP contribution in [0.5, 0.6) is 23.0 Å². The fraction of sp³-hybridized carbons (Fsp3) is 0.348. The summed E-state index contributed by atoms with van der Waals surface area (Å²) in [6.07, 6.45) is -1.87. The molecule has 2 aliphatic heterocycles. The number of carbonyl (C=O) groups is 3. The fourth-order valence-electron chi connectivity index (χ4n) is 3.86. The summed E-state index contributed by atoms with van der Waals surface area (Å²) in [5, 5.41) is 11.3. The Bertz CT molecular complexity index is 1110. The van der Waals surface area contributed by atoms with E-state index in [1.807, 2.05) is 0 Å². The van der Waals surface area contributed by atoms with Crippen molar-refractivity contribution in [3.05, 3.63) is 41.5 Å². The highest BCUT2D eigenvalue weighted by atomic mass is 16.7. The van der Waals surface area contributed by atoms with Gasteiger partial charge in [-0.15, -0.1) is 5.06 Å². The first-order chi connectivity index (χ1) is 16.4. The van der Waals surface area contributed by atoms with Crippen LogP contribution in [-0.4, -0.2) is 63.1 Å². The Kier molecular flexibility index (Phi) is 6.46. The number of hydrogen-bond donors (Lipinski definition) is 1. The number of amides is 1. The zero-order valence-corrected chi connectivity index (χ0v) is 18.7. The van der Waals surface area contributed by atoms with Gasteiger partial charge in [0.1, 0.15) is 12.4 Å². The third-order valence-corrected chi connectivity index (χ3v) is 5.41. The molecule has 1 saturated heterocycles. The van der Waals surface area contributed by atoms with Crippen LogP contribution in [0.1, 0.15) is 11.1 Å². The second-order valence-corrected chi connectivity index (χ2v) is 7.57. The largest absolute Gasteiger partial charge is 0.493 e. The molecule has 0 radical (unpaired) electrons. The first-order valence-corrected chi connectivity index (χ1v) is 10.3. The molecule has 2 heterocycles. The minimum absolute atomic E-state index is 0.00614. The lowest BCUT2D eigenvalue weighted by Gasteiger charge is -2.29. The fourth-order valence-corrected chi connectivity index (χ4v) is 3.86. The Balaban J connectivity index is 1.50. The Morgan fingerprint density at radius 3 is 2.38 bits per heavy atom. The van der Waals surface area contributed by atoms with Gasteiger partial charge in [0.2, 0.25) is 5.75 Å². The van der Waals surface area contributed by atoms with E-state index >= 15 is 0 Å². The number of anilines is 1. The minimum atomic E-state index is -1.28. The van der Waals surface area contributed by atoms with E-state index in [1.165, 1.54) is 21.3 Å². The maximum Gasteiger partial charge on any atom is 0.442 e. The molecule has 4 rings (SSSR count). The second-order valence-electron chi connectivity index (χ2n) is 7.57. The van der Waals surface area contributed by atoms with E-state index in [4.69, 9.17) is 28.5 Å². The van der Waals surface area contributed by atoms with E-state index in [9.17, 15) is 19.5 Å². The minimum Gasteiger partial charge on any atom is -0.493 e. The van der Waals surface area contributed by atoms with E-state index < -0.39 is 30.1 Å². The number of rotatable bonds is 8. The quantitative estimate of drug-likeness (QED) is 0.437. The second kappa shape index (κ2) is 9.48. The highest BCUT2D eigenvalue weighted by Crippen LogP contribution is 2.39. The van der Waals surface area contributed by atoms with Crippen molar-refractivity contribution >= 4 is 23.5 Å². The summed E-state index contributed by atoms with van der Waals surface area (Å²) in [7, 11) is 4.52. The number of benzene rings is 2. The van der Waals surface area contributed by atoms with Crippen LogP contribution in [0.2, 0.25) is 0 Å². The summed E-state index contributed by atoms with van der Waals surface area (Å²) >= 11 is 0. The van der Waals surface area contributed by atoms with Gasteiger partial charge in [-0.1, -0.05) is 6.07 Å².